The topological polar surface area (TPSA) is 15.8 Å². The number of halogens is 1. The van der Waals surface area contributed by atoms with Gasteiger partial charge in [0.25, 0.3) is 0 Å². The zero-order valence-electron chi connectivity index (χ0n) is 12.1. The molecule has 18 heavy (non-hydrogen) atoms. The first-order chi connectivity index (χ1) is 7.80. The standard InChI is InChI=1S/C15H23N2.HI/c1-10-7-11(2)15-13(9-16-14(15)8-10)12(3)17(4,5)6;/h7-9,12,16H,1-6H3;1H/q+1;/p-1. The van der Waals surface area contributed by atoms with E-state index in [-0.39, 0.29) is 24.0 Å². The van der Waals surface area contributed by atoms with Gasteiger partial charge in [-0.3, -0.25) is 0 Å². The zero-order chi connectivity index (χ0) is 12.8. The molecule has 2 aromatic rings. The second-order valence-electron chi connectivity index (χ2n) is 6.04. The highest BCUT2D eigenvalue weighted by atomic mass is 127. The third kappa shape index (κ3) is 2.72. The molecule has 2 rings (SSSR count). The zero-order valence-corrected chi connectivity index (χ0v) is 14.3. The van der Waals surface area contributed by atoms with Gasteiger partial charge < -0.3 is 33.4 Å². The maximum absolute atomic E-state index is 3.41. The number of aromatic nitrogens is 1. The number of aryl methyl sites for hydroxylation is 2. The third-order valence-corrected chi connectivity index (χ3v) is 3.76. The lowest BCUT2D eigenvalue weighted by molar-refractivity contribution is -0.900. The van der Waals surface area contributed by atoms with Crippen molar-refractivity contribution < 1.29 is 28.5 Å². The summed E-state index contributed by atoms with van der Waals surface area (Å²) in [5.41, 5.74) is 5.38. The van der Waals surface area contributed by atoms with Crippen LogP contribution >= 0.6 is 0 Å². The monoisotopic (exact) mass is 358 g/mol. The number of H-pyrrole nitrogens is 1. The molecule has 0 aliphatic rings. The van der Waals surface area contributed by atoms with Crippen molar-refractivity contribution in [2.24, 2.45) is 0 Å². The Hall–Kier alpha value is -0.550. The number of hydrogen-bond donors (Lipinski definition) is 1. The van der Waals surface area contributed by atoms with E-state index in [2.05, 4.69) is 65.2 Å². The van der Waals surface area contributed by atoms with Crippen LogP contribution in [0.25, 0.3) is 10.9 Å². The summed E-state index contributed by atoms with van der Waals surface area (Å²) in [4.78, 5) is 3.41. The smallest absolute Gasteiger partial charge is 0.113 e. The van der Waals surface area contributed by atoms with Crippen molar-refractivity contribution in [1.82, 2.24) is 4.98 Å². The number of fused-ring (bicyclic) bond motifs is 1. The van der Waals surface area contributed by atoms with E-state index in [1.54, 1.807) is 0 Å². The van der Waals surface area contributed by atoms with Crippen LogP contribution in [-0.4, -0.2) is 30.6 Å². The molecule has 0 bridgehead atoms. The van der Waals surface area contributed by atoms with Gasteiger partial charge in [0.15, 0.2) is 0 Å². The summed E-state index contributed by atoms with van der Waals surface area (Å²) < 4.78 is 0.945. The van der Waals surface area contributed by atoms with Crippen LogP contribution in [-0.2, 0) is 0 Å². The number of aromatic amines is 1. The Morgan fingerprint density at radius 3 is 2.28 bits per heavy atom. The maximum Gasteiger partial charge on any atom is 0.113 e. The van der Waals surface area contributed by atoms with Crippen LogP contribution in [0.15, 0.2) is 18.3 Å². The molecule has 1 N–H and O–H groups in total. The Morgan fingerprint density at radius 1 is 1.11 bits per heavy atom. The molecule has 1 atom stereocenters. The average molecular weight is 358 g/mol. The van der Waals surface area contributed by atoms with Gasteiger partial charge in [0.1, 0.15) is 6.04 Å². The Bertz CT molecular complexity index is 549. The Balaban J connectivity index is 0.00000162. The molecule has 0 saturated carbocycles. The largest absolute Gasteiger partial charge is 1.00 e. The van der Waals surface area contributed by atoms with Crippen molar-refractivity contribution in [3.8, 4) is 0 Å². The van der Waals surface area contributed by atoms with Gasteiger partial charge in [-0.05, 0) is 38.0 Å². The lowest BCUT2D eigenvalue weighted by Crippen LogP contribution is -3.00. The fourth-order valence-electron chi connectivity index (χ4n) is 2.44. The average Bonchev–Trinajstić information content (AvgIpc) is 2.58. The highest BCUT2D eigenvalue weighted by molar-refractivity contribution is 5.87. The van der Waals surface area contributed by atoms with Crippen LogP contribution in [0.3, 0.4) is 0 Å². The van der Waals surface area contributed by atoms with Crippen LogP contribution in [0.2, 0.25) is 0 Å². The fraction of sp³-hybridized carbons (Fsp3) is 0.467. The summed E-state index contributed by atoms with van der Waals surface area (Å²) in [6, 6.07) is 4.99. The van der Waals surface area contributed by atoms with Crippen LogP contribution in [0, 0.1) is 13.8 Å². The quantitative estimate of drug-likeness (QED) is 0.597. The minimum Gasteiger partial charge on any atom is -1.00 e. The molecule has 0 spiro atoms. The van der Waals surface area contributed by atoms with Gasteiger partial charge in [0, 0.05) is 22.7 Å². The molecule has 1 aromatic carbocycles. The number of nitrogens with zero attached hydrogens (tertiary/aromatic N) is 1. The molecule has 1 unspecified atom stereocenters. The summed E-state index contributed by atoms with van der Waals surface area (Å²) in [6.07, 6.45) is 2.17. The molecule has 100 valence electrons. The van der Waals surface area contributed by atoms with Crippen molar-refractivity contribution in [3.63, 3.8) is 0 Å². The van der Waals surface area contributed by atoms with Gasteiger partial charge in [-0.2, -0.15) is 0 Å². The van der Waals surface area contributed by atoms with Crippen LogP contribution in [0.4, 0.5) is 0 Å². The van der Waals surface area contributed by atoms with E-state index in [9.17, 15) is 0 Å². The van der Waals surface area contributed by atoms with Gasteiger partial charge in [-0.1, -0.05) is 6.07 Å². The van der Waals surface area contributed by atoms with Crippen LogP contribution in [0.1, 0.15) is 29.7 Å². The molecule has 1 heterocycles. The van der Waals surface area contributed by atoms with Crippen molar-refractivity contribution in [3.05, 3.63) is 35.0 Å². The third-order valence-electron chi connectivity index (χ3n) is 3.76. The second kappa shape index (κ2) is 5.21. The van der Waals surface area contributed by atoms with Crippen molar-refractivity contribution in [2.75, 3.05) is 21.1 Å². The van der Waals surface area contributed by atoms with E-state index in [1.807, 2.05) is 0 Å². The van der Waals surface area contributed by atoms with E-state index in [4.69, 9.17) is 0 Å². The van der Waals surface area contributed by atoms with Crippen LogP contribution in [0.5, 0.6) is 0 Å². The molecule has 0 aliphatic heterocycles. The lowest BCUT2D eigenvalue weighted by Gasteiger charge is -2.31. The summed E-state index contributed by atoms with van der Waals surface area (Å²) in [7, 11) is 6.73. The molecule has 1 aromatic heterocycles. The van der Waals surface area contributed by atoms with Gasteiger partial charge in [0.05, 0.1) is 21.1 Å². The van der Waals surface area contributed by atoms with Gasteiger partial charge in [-0.15, -0.1) is 0 Å². The van der Waals surface area contributed by atoms with Crippen LogP contribution < -0.4 is 24.0 Å². The molecule has 0 amide bonds. The maximum atomic E-state index is 3.41. The summed E-state index contributed by atoms with van der Waals surface area (Å²) >= 11 is 0. The minimum absolute atomic E-state index is 0. The summed E-state index contributed by atoms with van der Waals surface area (Å²) in [6.45, 7) is 6.65. The highest BCUT2D eigenvalue weighted by Gasteiger charge is 2.24. The number of benzene rings is 1. The number of hydrogen-bond acceptors (Lipinski definition) is 0. The Labute approximate surface area is 127 Å². The van der Waals surface area contributed by atoms with E-state index < -0.39 is 0 Å². The lowest BCUT2D eigenvalue weighted by atomic mass is 10.00. The molecule has 3 heteroatoms. The SMILES string of the molecule is Cc1cc(C)c2c(C(C)[N+](C)(C)C)c[nH]c2c1.[I-]. The summed E-state index contributed by atoms with van der Waals surface area (Å²) in [5.74, 6) is 0. The fourth-order valence-corrected chi connectivity index (χ4v) is 2.44. The van der Waals surface area contributed by atoms with E-state index >= 15 is 0 Å². The first kappa shape index (κ1) is 15.5. The first-order valence-corrected chi connectivity index (χ1v) is 6.20. The molecular formula is C15H23IN2. The molecule has 2 nitrogen and oxygen atoms in total. The number of quaternary nitrogens is 1. The molecule has 0 saturated heterocycles. The normalized spacial score (nSPS) is 13.4. The Morgan fingerprint density at radius 2 is 1.72 bits per heavy atom. The van der Waals surface area contributed by atoms with Gasteiger partial charge in [0.2, 0.25) is 0 Å². The van der Waals surface area contributed by atoms with Gasteiger partial charge >= 0.3 is 0 Å². The Kier molecular flexibility index (Phi) is 4.49. The predicted octanol–water partition coefficient (Wildman–Crippen LogP) is 0.556. The molecular weight excluding hydrogens is 335 g/mol. The van der Waals surface area contributed by atoms with Crippen molar-refractivity contribution in [1.29, 1.82) is 0 Å². The van der Waals surface area contributed by atoms with E-state index in [0.717, 1.165) is 4.48 Å². The minimum atomic E-state index is 0. The second-order valence-corrected chi connectivity index (χ2v) is 6.04. The van der Waals surface area contributed by atoms with Crippen molar-refractivity contribution in [2.45, 2.75) is 26.8 Å². The number of rotatable bonds is 2. The van der Waals surface area contributed by atoms with E-state index in [0.29, 0.717) is 6.04 Å². The predicted molar refractivity (Wildman–Crippen MR) is 74.2 cm³/mol. The van der Waals surface area contributed by atoms with E-state index in [1.165, 1.54) is 27.6 Å². The number of nitrogens with one attached hydrogen (secondary N) is 1. The summed E-state index contributed by atoms with van der Waals surface area (Å²) in [5, 5.41) is 1.40. The first-order valence-electron chi connectivity index (χ1n) is 6.20. The molecule has 0 aliphatic carbocycles. The molecule has 0 radical (unpaired) electrons. The van der Waals surface area contributed by atoms with Gasteiger partial charge in [-0.25, -0.2) is 0 Å². The highest BCUT2D eigenvalue weighted by Crippen LogP contribution is 2.32. The molecule has 0 fully saturated rings. The van der Waals surface area contributed by atoms with Crippen molar-refractivity contribution >= 4 is 10.9 Å².